The van der Waals surface area contributed by atoms with Crippen molar-refractivity contribution in [2.75, 3.05) is 17.6 Å². The second kappa shape index (κ2) is 3.80. The molecule has 1 aliphatic carbocycles. The van der Waals surface area contributed by atoms with Gasteiger partial charge in [0.05, 0.1) is 11.7 Å². The lowest BCUT2D eigenvalue weighted by atomic mass is 9.97. The summed E-state index contributed by atoms with van der Waals surface area (Å²) in [5.41, 5.74) is 0.167. The second-order valence-corrected chi connectivity index (χ2v) is 4.51. The second-order valence-electron chi connectivity index (χ2n) is 3.75. The molecule has 2 aliphatic rings. The van der Waals surface area contributed by atoms with Crippen molar-refractivity contribution in [2.45, 2.75) is 37.4 Å². The monoisotopic (exact) mass is 282 g/mol. The molecule has 0 spiro atoms. The Morgan fingerprint density at radius 2 is 2.00 bits per heavy atom. The van der Waals surface area contributed by atoms with Crippen LogP contribution in [0.15, 0.2) is 0 Å². The average molecular weight is 282 g/mol. The maximum Gasteiger partial charge on any atom is 0.0819 e. The van der Waals surface area contributed by atoms with E-state index in [-0.39, 0.29) is 5.60 Å². The maximum absolute atomic E-state index is 6.05. The predicted octanol–water partition coefficient (Wildman–Crippen LogP) is 2.15. The zero-order valence-corrected chi connectivity index (χ0v) is 9.38. The fraction of sp³-hybridized carbons (Fsp3) is 1.00. The molecule has 2 rings (SSSR count). The van der Waals surface area contributed by atoms with Gasteiger partial charge in [-0.15, -0.1) is 0 Å². The van der Waals surface area contributed by atoms with Crippen molar-refractivity contribution in [1.82, 2.24) is 0 Å². The smallest absolute Gasteiger partial charge is 0.0819 e. The minimum Gasteiger partial charge on any atom is -0.381 e. The van der Waals surface area contributed by atoms with Gasteiger partial charge < -0.3 is 9.47 Å². The number of halogens is 1. The van der Waals surface area contributed by atoms with Gasteiger partial charge >= 0.3 is 0 Å². The molecule has 0 amide bonds. The highest BCUT2D eigenvalue weighted by atomic mass is 127. The van der Waals surface area contributed by atoms with E-state index in [9.17, 15) is 0 Å². The summed E-state index contributed by atoms with van der Waals surface area (Å²) in [6, 6.07) is 0. The Kier molecular flexibility index (Phi) is 2.92. The van der Waals surface area contributed by atoms with Crippen molar-refractivity contribution in [3.05, 3.63) is 0 Å². The Bertz CT molecular complexity index is 151. The van der Waals surface area contributed by atoms with E-state index in [4.69, 9.17) is 9.47 Å². The van der Waals surface area contributed by atoms with Gasteiger partial charge in [-0.3, -0.25) is 0 Å². The van der Waals surface area contributed by atoms with Crippen LogP contribution in [0.3, 0.4) is 0 Å². The van der Waals surface area contributed by atoms with Crippen LogP contribution in [0.2, 0.25) is 0 Å². The third-order valence-electron chi connectivity index (χ3n) is 2.59. The lowest BCUT2D eigenvalue weighted by molar-refractivity contribution is -0.102. The first-order valence-electron chi connectivity index (χ1n) is 4.66. The largest absolute Gasteiger partial charge is 0.381 e. The van der Waals surface area contributed by atoms with Crippen molar-refractivity contribution in [3.63, 3.8) is 0 Å². The summed E-state index contributed by atoms with van der Waals surface area (Å²) in [5.74, 6) is 0. The van der Waals surface area contributed by atoms with Crippen LogP contribution in [0.4, 0.5) is 0 Å². The van der Waals surface area contributed by atoms with E-state index in [2.05, 4.69) is 22.6 Å². The molecule has 0 N–H and O–H groups in total. The molecule has 0 bridgehead atoms. The zero-order chi connectivity index (χ0) is 8.44. The number of alkyl halides is 1. The number of ether oxygens (including phenoxy) is 2. The van der Waals surface area contributed by atoms with Gasteiger partial charge in [0.2, 0.25) is 0 Å². The molecule has 1 heterocycles. The highest BCUT2D eigenvalue weighted by Gasteiger charge is 2.38. The van der Waals surface area contributed by atoms with Gasteiger partial charge in [-0.1, -0.05) is 22.6 Å². The quantitative estimate of drug-likeness (QED) is 0.583. The van der Waals surface area contributed by atoms with Crippen molar-refractivity contribution in [2.24, 2.45) is 0 Å². The fourth-order valence-corrected chi connectivity index (χ4v) is 2.51. The third kappa shape index (κ3) is 2.12. The number of rotatable bonds is 3. The summed E-state index contributed by atoms with van der Waals surface area (Å²) in [6.07, 6.45) is 5.31. The SMILES string of the molecule is ICC1(OC2CC2)CCOCC1. The van der Waals surface area contributed by atoms with Crippen molar-refractivity contribution in [3.8, 4) is 0 Å². The zero-order valence-electron chi connectivity index (χ0n) is 7.22. The molecule has 0 aromatic heterocycles. The van der Waals surface area contributed by atoms with Crippen LogP contribution in [-0.4, -0.2) is 29.3 Å². The van der Waals surface area contributed by atoms with Crippen LogP contribution in [0.5, 0.6) is 0 Å². The summed E-state index contributed by atoms with van der Waals surface area (Å²) in [4.78, 5) is 0. The van der Waals surface area contributed by atoms with Crippen LogP contribution >= 0.6 is 22.6 Å². The highest BCUT2D eigenvalue weighted by Crippen LogP contribution is 2.35. The Labute approximate surface area is 87.1 Å². The number of hydrogen-bond acceptors (Lipinski definition) is 2. The predicted molar refractivity (Wildman–Crippen MR) is 55.8 cm³/mol. The first-order valence-corrected chi connectivity index (χ1v) is 6.19. The van der Waals surface area contributed by atoms with Crippen molar-refractivity contribution < 1.29 is 9.47 Å². The van der Waals surface area contributed by atoms with E-state index < -0.39 is 0 Å². The van der Waals surface area contributed by atoms with Crippen molar-refractivity contribution >= 4 is 22.6 Å². The summed E-state index contributed by atoms with van der Waals surface area (Å²) in [7, 11) is 0. The van der Waals surface area contributed by atoms with E-state index >= 15 is 0 Å². The lowest BCUT2D eigenvalue weighted by Crippen LogP contribution is -2.41. The maximum atomic E-state index is 6.05. The van der Waals surface area contributed by atoms with E-state index in [1.165, 1.54) is 12.8 Å². The van der Waals surface area contributed by atoms with Crippen LogP contribution in [0, 0.1) is 0 Å². The molecule has 1 aliphatic heterocycles. The molecule has 70 valence electrons. The first-order chi connectivity index (χ1) is 5.85. The fourth-order valence-electron chi connectivity index (χ4n) is 1.57. The van der Waals surface area contributed by atoms with Gasteiger partial charge in [0.1, 0.15) is 0 Å². The lowest BCUT2D eigenvalue weighted by Gasteiger charge is -2.35. The molecule has 0 atom stereocenters. The molecule has 0 unspecified atom stereocenters. The molecule has 2 nitrogen and oxygen atoms in total. The van der Waals surface area contributed by atoms with E-state index in [1.54, 1.807) is 0 Å². The molecule has 1 saturated carbocycles. The average Bonchev–Trinajstić information content (AvgIpc) is 2.90. The molecular formula is C9H15IO2. The minimum absolute atomic E-state index is 0.167. The normalized spacial score (nSPS) is 28.8. The minimum atomic E-state index is 0.167. The van der Waals surface area contributed by atoms with Crippen LogP contribution in [0.1, 0.15) is 25.7 Å². The van der Waals surface area contributed by atoms with Gasteiger partial charge in [0.25, 0.3) is 0 Å². The van der Waals surface area contributed by atoms with E-state index in [1.807, 2.05) is 0 Å². The molecule has 0 aromatic carbocycles. The van der Waals surface area contributed by atoms with Gasteiger partial charge in [-0.05, 0) is 12.8 Å². The van der Waals surface area contributed by atoms with Gasteiger partial charge in [0.15, 0.2) is 0 Å². The number of hydrogen-bond donors (Lipinski definition) is 0. The standard InChI is InChI=1S/C9H15IO2/c10-7-9(12-8-1-2-8)3-5-11-6-4-9/h8H,1-7H2. The molecular weight excluding hydrogens is 267 g/mol. The summed E-state index contributed by atoms with van der Waals surface area (Å²) in [5, 5.41) is 0. The van der Waals surface area contributed by atoms with Crippen molar-refractivity contribution in [1.29, 1.82) is 0 Å². The molecule has 1 saturated heterocycles. The van der Waals surface area contributed by atoms with Crippen LogP contribution in [0.25, 0.3) is 0 Å². The first kappa shape index (κ1) is 9.21. The Morgan fingerprint density at radius 1 is 1.33 bits per heavy atom. The Hall–Kier alpha value is 0.650. The molecule has 0 radical (unpaired) electrons. The van der Waals surface area contributed by atoms with Gasteiger partial charge in [0, 0.05) is 30.5 Å². The molecule has 12 heavy (non-hydrogen) atoms. The van der Waals surface area contributed by atoms with E-state index in [0.29, 0.717) is 6.10 Å². The molecule has 2 fully saturated rings. The van der Waals surface area contributed by atoms with Crippen LogP contribution in [-0.2, 0) is 9.47 Å². The highest BCUT2D eigenvalue weighted by molar-refractivity contribution is 14.1. The summed E-state index contributed by atoms with van der Waals surface area (Å²) in [6.45, 7) is 1.77. The van der Waals surface area contributed by atoms with Gasteiger partial charge in [-0.25, -0.2) is 0 Å². The Morgan fingerprint density at radius 3 is 2.50 bits per heavy atom. The van der Waals surface area contributed by atoms with Gasteiger partial charge in [-0.2, -0.15) is 0 Å². The third-order valence-corrected chi connectivity index (χ3v) is 3.98. The summed E-state index contributed by atoms with van der Waals surface area (Å²) >= 11 is 2.44. The van der Waals surface area contributed by atoms with Crippen LogP contribution < -0.4 is 0 Å². The summed E-state index contributed by atoms with van der Waals surface area (Å²) < 4.78 is 12.5. The topological polar surface area (TPSA) is 18.5 Å². The Balaban J connectivity index is 1.90. The molecule has 3 heteroatoms. The van der Waals surface area contributed by atoms with E-state index in [0.717, 1.165) is 30.5 Å². The molecule has 0 aromatic rings.